The molecule has 0 aliphatic carbocycles. The third-order valence-corrected chi connectivity index (χ3v) is 5.54. The highest BCUT2D eigenvalue weighted by atomic mass is 16.5. The lowest BCUT2D eigenvalue weighted by atomic mass is 10.0. The molecule has 1 atom stereocenters. The van der Waals surface area contributed by atoms with Crippen LogP contribution in [-0.4, -0.2) is 41.3 Å². The van der Waals surface area contributed by atoms with Crippen LogP contribution in [0.3, 0.4) is 0 Å². The monoisotopic (exact) mass is 366 g/mol. The summed E-state index contributed by atoms with van der Waals surface area (Å²) in [5.41, 5.74) is 1.92. The van der Waals surface area contributed by atoms with Crippen molar-refractivity contribution >= 4 is 10.8 Å². The van der Waals surface area contributed by atoms with Crippen molar-refractivity contribution in [1.29, 1.82) is 0 Å². The van der Waals surface area contributed by atoms with Crippen LogP contribution in [0, 0.1) is 6.92 Å². The Balaban J connectivity index is 1.69. The number of hydrogen-bond donors (Lipinski definition) is 1. The molecule has 2 heterocycles. The van der Waals surface area contributed by atoms with Crippen LogP contribution in [0.2, 0.25) is 0 Å². The highest BCUT2D eigenvalue weighted by Crippen LogP contribution is 2.35. The highest BCUT2D eigenvalue weighted by Gasteiger charge is 2.24. The summed E-state index contributed by atoms with van der Waals surface area (Å²) in [7, 11) is 1.69. The summed E-state index contributed by atoms with van der Waals surface area (Å²) in [4.78, 5) is 7.14. The molecule has 27 heavy (non-hydrogen) atoms. The van der Waals surface area contributed by atoms with Gasteiger partial charge in [-0.2, -0.15) is 0 Å². The van der Waals surface area contributed by atoms with Gasteiger partial charge in [0.15, 0.2) is 0 Å². The molecule has 1 fully saturated rings. The molecule has 0 unspecified atom stereocenters. The maximum atomic E-state index is 9.66. The van der Waals surface area contributed by atoms with Crippen LogP contribution in [0.5, 0.6) is 5.75 Å². The Kier molecular flexibility index (Phi) is 5.14. The average molecular weight is 366 g/mol. The Morgan fingerprint density at radius 2 is 2.00 bits per heavy atom. The van der Waals surface area contributed by atoms with Crippen LogP contribution in [0.25, 0.3) is 22.2 Å². The van der Waals surface area contributed by atoms with E-state index in [4.69, 9.17) is 14.1 Å². The summed E-state index contributed by atoms with van der Waals surface area (Å²) in [6.07, 6.45) is 3.40. The second kappa shape index (κ2) is 7.71. The first-order chi connectivity index (χ1) is 13.2. The fourth-order valence-electron chi connectivity index (χ4n) is 3.99. The average Bonchev–Trinajstić information content (AvgIpc) is 3.07. The maximum absolute atomic E-state index is 9.66. The number of methoxy groups -OCH3 is 1. The van der Waals surface area contributed by atoms with Crippen LogP contribution in [0.4, 0.5) is 0 Å². The molecular weight excluding hydrogens is 340 g/mol. The van der Waals surface area contributed by atoms with Crippen molar-refractivity contribution in [3.8, 4) is 17.2 Å². The molecule has 0 amide bonds. The van der Waals surface area contributed by atoms with Gasteiger partial charge in [-0.25, -0.2) is 4.98 Å². The number of fused-ring (bicyclic) bond motifs is 1. The molecule has 1 saturated heterocycles. The first-order valence-corrected chi connectivity index (χ1v) is 9.58. The van der Waals surface area contributed by atoms with E-state index in [0.717, 1.165) is 46.5 Å². The number of aromatic nitrogens is 1. The summed E-state index contributed by atoms with van der Waals surface area (Å²) in [6.45, 7) is 3.88. The predicted octanol–water partition coefficient (Wildman–Crippen LogP) is 4.16. The van der Waals surface area contributed by atoms with Gasteiger partial charge < -0.3 is 14.3 Å². The van der Waals surface area contributed by atoms with Gasteiger partial charge in [0, 0.05) is 23.5 Å². The van der Waals surface area contributed by atoms with Gasteiger partial charge in [0.25, 0.3) is 0 Å². The molecule has 142 valence electrons. The topological polar surface area (TPSA) is 58.7 Å². The fraction of sp³-hybridized carbons (Fsp3) is 0.409. The predicted molar refractivity (Wildman–Crippen MR) is 106 cm³/mol. The lowest BCUT2D eigenvalue weighted by Gasteiger charge is -2.33. The van der Waals surface area contributed by atoms with Gasteiger partial charge in [-0.05, 0) is 43.8 Å². The van der Waals surface area contributed by atoms with Crippen molar-refractivity contribution < 1.29 is 14.3 Å². The number of oxazole rings is 1. The Morgan fingerprint density at radius 1 is 1.19 bits per heavy atom. The van der Waals surface area contributed by atoms with E-state index in [1.807, 2.05) is 37.3 Å². The third kappa shape index (κ3) is 3.45. The summed E-state index contributed by atoms with van der Waals surface area (Å²) in [5.74, 6) is 2.32. The zero-order chi connectivity index (χ0) is 18.8. The first kappa shape index (κ1) is 18.0. The molecule has 4 rings (SSSR count). The minimum atomic E-state index is 0.201. The molecule has 2 aromatic carbocycles. The Hall–Kier alpha value is -2.37. The van der Waals surface area contributed by atoms with Crippen LogP contribution >= 0.6 is 0 Å². The van der Waals surface area contributed by atoms with Crippen molar-refractivity contribution in [2.75, 3.05) is 20.3 Å². The summed E-state index contributed by atoms with van der Waals surface area (Å²) in [6, 6.07) is 12.3. The highest BCUT2D eigenvalue weighted by molar-refractivity contribution is 5.98. The van der Waals surface area contributed by atoms with Gasteiger partial charge in [-0.1, -0.05) is 30.7 Å². The number of likely N-dealkylation sites (tertiary alicyclic amines) is 1. The molecular formula is C22H26N2O3. The minimum Gasteiger partial charge on any atom is -0.496 e. The van der Waals surface area contributed by atoms with Crippen molar-refractivity contribution in [2.45, 2.75) is 38.8 Å². The van der Waals surface area contributed by atoms with E-state index in [1.165, 1.54) is 12.8 Å². The second-order valence-electron chi connectivity index (χ2n) is 7.19. The number of nitrogens with zero attached hydrogens (tertiary/aromatic N) is 2. The Labute approximate surface area is 159 Å². The van der Waals surface area contributed by atoms with Crippen molar-refractivity contribution in [3.63, 3.8) is 0 Å². The number of aliphatic hydroxyl groups is 1. The molecule has 1 aliphatic rings. The van der Waals surface area contributed by atoms with Crippen molar-refractivity contribution in [3.05, 3.63) is 47.9 Å². The number of piperidine rings is 1. The Morgan fingerprint density at radius 3 is 2.78 bits per heavy atom. The fourth-order valence-corrected chi connectivity index (χ4v) is 3.99. The maximum Gasteiger partial charge on any atom is 0.227 e. The van der Waals surface area contributed by atoms with E-state index in [1.54, 1.807) is 7.11 Å². The van der Waals surface area contributed by atoms with E-state index >= 15 is 0 Å². The van der Waals surface area contributed by atoms with Crippen LogP contribution in [0.1, 0.15) is 30.7 Å². The van der Waals surface area contributed by atoms with Crippen LogP contribution < -0.4 is 4.74 Å². The summed E-state index contributed by atoms with van der Waals surface area (Å²) >= 11 is 0. The number of hydrogen-bond acceptors (Lipinski definition) is 5. The van der Waals surface area contributed by atoms with Crippen LogP contribution in [-0.2, 0) is 6.54 Å². The number of rotatable bonds is 5. The van der Waals surface area contributed by atoms with E-state index in [0.29, 0.717) is 12.4 Å². The van der Waals surface area contributed by atoms with E-state index < -0.39 is 0 Å². The molecule has 3 aromatic rings. The number of aliphatic hydroxyl groups excluding tert-OH is 1. The summed E-state index contributed by atoms with van der Waals surface area (Å²) < 4.78 is 11.5. The number of benzene rings is 2. The molecule has 5 nitrogen and oxygen atoms in total. The Bertz CT molecular complexity index is 934. The zero-order valence-corrected chi connectivity index (χ0v) is 15.9. The van der Waals surface area contributed by atoms with Gasteiger partial charge in [0.1, 0.15) is 11.5 Å². The molecule has 5 heteroatoms. The van der Waals surface area contributed by atoms with Gasteiger partial charge in [-0.15, -0.1) is 0 Å². The normalized spacial score (nSPS) is 18.1. The van der Waals surface area contributed by atoms with E-state index in [9.17, 15) is 5.11 Å². The van der Waals surface area contributed by atoms with Gasteiger partial charge >= 0.3 is 0 Å². The molecule has 1 aliphatic heterocycles. The van der Waals surface area contributed by atoms with Crippen LogP contribution in [0.15, 0.2) is 40.8 Å². The lowest BCUT2D eigenvalue weighted by molar-refractivity contribution is 0.0828. The van der Waals surface area contributed by atoms with Gasteiger partial charge in [-0.3, -0.25) is 4.90 Å². The lowest BCUT2D eigenvalue weighted by Crippen LogP contribution is -2.41. The van der Waals surface area contributed by atoms with E-state index in [2.05, 4.69) is 11.0 Å². The molecule has 1 aromatic heterocycles. The van der Waals surface area contributed by atoms with E-state index in [-0.39, 0.29) is 12.6 Å². The SMILES string of the molecule is COc1ccc(-c2nc(CN3CCCC[C@H]3CO)c(C)o2)c2ccccc12. The second-order valence-corrected chi connectivity index (χ2v) is 7.19. The molecule has 0 saturated carbocycles. The number of ether oxygens (including phenoxy) is 1. The summed E-state index contributed by atoms with van der Waals surface area (Å²) in [5, 5.41) is 11.8. The first-order valence-electron chi connectivity index (χ1n) is 9.58. The third-order valence-electron chi connectivity index (χ3n) is 5.54. The van der Waals surface area contributed by atoms with Gasteiger partial charge in [0.2, 0.25) is 5.89 Å². The molecule has 1 N–H and O–H groups in total. The van der Waals surface area contributed by atoms with Crippen molar-refractivity contribution in [2.24, 2.45) is 0 Å². The smallest absolute Gasteiger partial charge is 0.227 e. The number of aryl methyl sites for hydroxylation is 1. The quantitative estimate of drug-likeness (QED) is 0.735. The standard InChI is InChI=1S/C22H26N2O3/c1-15-20(13-24-12-6-5-7-16(24)14-25)23-22(27-15)19-10-11-21(26-2)18-9-4-3-8-17(18)19/h3-4,8-11,16,25H,5-7,12-14H2,1-2H3/t16-/m0/s1. The van der Waals surface area contributed by atoms with Gasteiger partial charge in [0.05, 0.1) is 19.4 Å². The minimum absolute atomic E-state index is 0.201. The molecule has 0 radical (unpaired) electrons. The van der Waals surface area contributed by atoms with Crippen molar-refractivity contribution in [1.82, 2.24) is 9.88 Å². The molecule has 0 spiro atoms. The zero-order valence-electron chi connectivity index (χ0n) is 15.9. The molecule has 0 bridgehead atoms. The largest absolute Gasteiger partial charge is 0.496 e.